The molecule has 0 bridgehead atoms. The Morgan fingerprint density at radius 3 is 2.58 bits per heavy atom. The Balaban J connectivity index is 3.39. The standard InChI is InChI=1S/C9H18N2S/c1-8(2)4-5-12-7-9(3,11)6-10/h8H,4-5,7,11H2,1-3H3. The first-order chi connectivity index (χ1) is 5.48. The highest BCUT2D eigenvalue weighted by Gasteiger charge is 2.16. The molecule has 1 atom stereocenters. The molecule has 3 heteroatoms. The Kier molecular flexibility index (Phi) is 5.36. The number of rotatable bonds is 5. The Hall–Kier alpha value is -0.200. The molecule has 0 saturated carbocycles. The van der Waals surface area contributed by atoms with Gasteiger partial charge < -0.3 is 5.73 Å². The molecule has 0 aromatic carbocycles. The van der Waals surface area contributed by atoms with Gasteiger partial charge in [0, 0.05) is 5.75 Å². The third kappa shape index (κ3) is 6.51. The fraction of sp³-hybridized carbons (Fsp3) is 0.889. The molecule has 0 aliphatic rings. The minimum Gasteiger partial charge on any atom is -0.313 e. The average molecular weight is 186 g/mol. The lowest BCUT2D eigenvalue weighted by Gasteiger charge is -2.14. The van der Waals surface area contributed by atoms with Crippen LogP contribution in [-0.2, 0) is 0 Å². The van der Waals surface area contributed by atoms with E-state index in [1.54, 1.807) is 18.7 Å². The first-order valence-electron chi connectivity index (χ1n) is 4.26. The van der Waals surface area contributed by atoms with Crippen LogP contribution in [0.5, 0.6) is 0 Å². The van der Waals surface area contributed by atoms with Crippen LogP contribution in [0.2, 0.25) is 0 Å². The normalized spacial score (nSPS) is 15.7. The van der Waals surface area contributed by atoms with Gasteiger partial charge in [-0.15, -0.1) is 0 Å². The molecule has 0 heterocycles. The zero-order valence-corrected chi connectivity index (χ0v) is 8.95. The number of thioether (sulfide) groups is 1. The van der Waals surface area contributed by atoms with E-state index >= 15 is 0 Å². The van der Waals surface area contributed by atoms with E-state index in [-0.39, 0.29) is 0 Å². The Labute approximate surface area is 79.5 Å². The molecule has 0 aromatic heterocycles. The van der Waals surface area contributed by atoms with Crippen LogP contribution < -0.4 is 5.73 Å². The average Bonchev–Trinajstić information content (AvgIpc) is 1.98. The monoisotopic (exact) mass is 186 g/mol. The van der Waals surface area contributed by atoms with E-state index in [4.69, 9.17) is 11.0 Å². The highest BCUT2D eigenvalue weighted by atomic mass is 32.2. The fourth-order valence-electron chi connectivity index (χ4n) is 0.635. The molecular formula is C9H18N2S. The lowest BCUT2D eigenvalue weighted by Crippen LogP contribution is -2.37. The van der Waals surface area contributed by atoms with Gasteiger partial charge in [0.25, 0.3) is 0 Å². The molecule has 0 saturated heterocycles. The highest BCUT2D eigenvalue weighted by Crippen LogP contribution is 2.13. The zero-order valence-electron chi connectivity index (χ0n) is 8.13. The lowest BCUT2D eigenvalue weighted by molar-refractivity contribution is 0.629. The van der Waals surface area contributed by atoms with Crippen molar-refractivity contribution in [2.24, 2.45) is 11.7 Å². The second kappa shape index (κ2) is 5.45. The predicted molar refractivity (Wildman–Crippen MR) is 55.0 cm³/mol. The van der Waals surface area contributed by atoms with Crippen molar-refractivity contribution in [3.8, 4) is 6.07 Å². The van der Waals surface area contributed by atoms with Gasteiger partial charge in [0.1, 0.15) is 5.54 Å². The van der Waals surface area contributed by atoms with E-state index in [0.717, 1.165) is 17.4 Å². The predicted octanol–water partition coefficient (Wildman–Crippen LogP) is 2.01. The van der Waals surface area contributed by atoms with Gasteiger partial charge in [-0.25, -0.2) is 0 Å². The van der Waals surface area contributed by atoms with E-state index in [0.29, 0.717) is 0 Å². The van der Waals surface area contributed by atoms with Crippen LogP contribution in [0.25, 0.3) is 0 Å². The maximum absolute atomic E-state index is 8.61. The van der Waals surface area contributed by atoms with Crippen LogP contribution in [0.3, 0.4) is 0 Å². The maximum atomic E-state index is 8.61. The molecule has 1 unspecified atom stereocenters. The summed E-state index contributed by atoms with van der Waals surface area (Å²) in [6.07, 6.45) is 1.20. The van der Waals surface area contributed by atoms with Crippen molar-refractivity contribution in [3.63, 3.8) is 0 Å². The molecule has 0 spiro atoms. The van der Waals surface area contributed by atoms with Gasteiger partial charge in [0.05, 0.1) is 6.07 Å². The Morgan fingerprint density at radius 2 is 2.17 bits per heavy atom. The van der Waals surface area contributed by atoms with Gasteiger partial charge in [0.2, 0.25) is 0 Å². The summed E-state index contributed by atoms with van der Waals surface area (Å²) >= 11 is 1.77. The van der Waals surface area contributed by atoms with E-state index in [1.807, 2.05) is 0 Å². The van der Waals surface area contributed by atoms with Crippen molar-refractivity contribution in [1.82, 2.24) is 0 Å². The molecular weight excluding hydrogens is 168 g/mol. The summed E-state index contributed by atoms with van der Waals surface area (Å²) in [5.41, 5.74) is 5.00. The van der Waals surface area contributed by atoms with Crippen LogP contribution in [-0.4, -0.2) is 17.0 Å². The molecule has 2 N–H and O–H groups in total. The van der Waals surface area contributed by atoms with Crippen LogP contribution in [0.1, 0.15) is 27.2 Å². The van der Waals surface area contributed by atoms with Crippen molar-refractivity contribution in [2.75, 3.05) is 11.5 Å². The molecule has 70 valence electrons. The zero-order chi connectivity index (χ0) is 9.61. The number of hydrogen-bond acceptors (Lipinski definition) is 3. The van der Waals surface area contributed by atoms with Crippen LogP contribution in [0.4, 0.5) is 0 Å². The summed E-state index contributed by atoms with van der Waals surface area (Å²) in [5, 5.41) is 8.61. The molecule has 0 aromatic rings. The summed E-state index contributed by atoms with van der Waals surface area (Å²) in [5.74, 6) is 2.58. The van der Waals surface area contributed by atoms with Gasteiger partial charge in [0.15, 0.2) is 0 Å². The second-order valence-corrected chi connectivity index (χ2v) is 4.87. The number of nitrogens with zero attached hydrogens (tertiary/aromatic N) is 1. The van der Waals surface area contributed by atoms with Gasteiger partial charge in [-0.05, 0) is 25.0 Å². The van der Waals surface area contributed by atoms with E-state index in [2.05, 4.69) is 19.9 Å². The van der Waals surface area contributed by atoms with Crippen molar-refractivity contribution in [2.45, 2.75) is 32.7 Å². The SMILES string of the molecule is CC(C)CCSCC(C)(N)C#N. The number of nitriles is 1. The first kappa shape index (κ1) is 11.8. The van der Waals surface area contributed by atoms with Crippen molar-refractivity contribution in [1.29, 1.82) is 5.26 Å². The number of hydrogen-bond donors (Lipinski definition) is 1. The molecule has 0 amide bonds. The van der Waals surface area contributed by atoms with Crippen molar-refractivity contribution in [3.05, 3.63) is 0 Å². The van der Waals surface area contributed by atoms with Gasteiger partial charge in [-0.1, -0.05) is 13.8 Å². The molecule has 0 aliphatic heterocycles. The Bertz CT molecular complexity index is 158. The van der Waals surface area contributed by atoms with E-state index in [9.17, 15) is 0 Å². The van der Waals surface area contributed by atoms with Gasteiger partial charge in [-0.3, -0.25) is 0 Å². The molecule has 0 fully saturated rings. The Morgan fingerprint density at radius 1 is 1.58 bits per heavy atom. The minimum atomic E-state index is -0.651. The molecule has 0 radical (unpaired) electrons. The van der Waals surface area contributed by atoms with Crippen LogP contribution >= 0.6 is 11.8 Å². The first-order valence-corrected chi connectivity index (χ1v) is 5.41. The molecule has 12 heavy (non-hydrogen) atoms. The topological polar surface area (TPSA) is 49.8 Å². The largest absolute Gasteiger partial charge is 0.313 e. The van der Waals surface area contributed by atoms with E-state index in [1.165, 1.54) is 6.42 Å². The van der Waals surface area contributed by atoms with Gasteiger partial charge in [-0.2, -0.15) is 17.0 Å². The second-order valence-electron chi connectivity index (χ2n) is 3.76. The number of nitrogens with two attached hydrogens (primary N) is 1. The summed E-state index contributed by atoms with van der Waals surface area (Å²) in [4.78, 5) is 0. The summed E-state index contributed by atoms with van der Waals surface area (Å²) < 4.78 is 0. The molecule has 0 aliphatic carbocycles. The quantitative estimate of drug-likeness (QED) is 0.668. The third-order valence-corrected chi connectivity index (χ3v) is 2.83. The summed E-state index contributed by atoms with van der Waals surface area (Å²) in [7, 11) is 0. The molecule has 0 rings (SSSR count). The van der Waals surface area contributed by atoms with Crippen LogP contribution in [0.15, 0.2) is 0 Å². The summed E-state index contributed by atoms with van der Waals surface area (Å²) in [6.45, 7) is 6.17. The van der Waals surface area contributed by atoms with Crippen LogP contribution in [0, 0.1) is 17.2 Å². The lowest BCUT2D eigenvalue weighted by atomic mass is 10.1. The van der Waals surface area contributed by atoms with E-state index < -0.39 is 5.54 Å². The maximum Gasteiger partial charge on any atom is 0.110 e. The fourth-order valence-corrected chi connectivity index (χ4v) is 1.91. The van der Waals surface area contributed by atoms with Crippen molar-refractivity contribution < 1.29 is 0 Å². The molecule has 2 nitrogen and oxygen atoms in total. The van der Waals surface area contributed by atoms with Crippen molar-refractivity contribution >= 4 is 11.8 Å². The smallest absolute Gasteiger partial charge is 0.110 e. The third-order valence-electron chi connectivity index (χ3n) is 1.50. The van der Waals surface area contributed by atoms with Gasteiger partial charge >= 0.3 is 0 Å². The summed E-state index contributed by atoms with van der Waals surface area (Å²) in [6, 6.07) is 2.09. The highest BCUT2D eigenvalue weighted by molar-refractivity contribution is 7.99. The minimum absolute atomic E-state index is 0.651.